The van der Waals surface area contributed by atoms with Crippen LogP contribution in [0, 0.1) is 17.8 Å². The molecule has 0 N–H and O–H groups in total. The molecular formula is C23H22N4S. The van der Waals surface area contributed by atoms with Gasteiger partial charge in [-0.15, -0.1) is 10.2 Å². The first kappa shape index (κ1) is 15.6. The average molecular weight is 387 g/mol. The molecule has 4 saturated carbocycles. The third kappa shape index (κ3) is 2.14. The van der Waals surface area contributed by atoms with Crippen molar-refractivity contribution in [2.24, 2.45) is 17.8 Å². The summed E-state index contributed by atoms with van der Waals surface area (Å²) in [6.07, 6.45) is 8.22. The zero-order valence-electron chi connectivity index (χ0n) is 15.7. The molecule has 4 aromatic rings. The lowest BCUT2D eigenvalue weighted by Crippen LogP contribution is -2.49. The molecule has 2 aromatic heterocycles. The summed E-state index contributed by atoms with van der Waals surface area (Å²) in [6.45, 7) is 0. The van der Waals surface area contributed by atoms with Gasteiger partial charge in [-0.2, -0.15) is 9.61 Å². The molecule has 4 bridgehead atoms. The molecule has 2 heterocycles. The van der Waals surface area contributed by atoms with Crippen LogP contribution in [0.2, 0.25) is 0 Å². The molecule has 28 heavy (non-hydrogen) atoms. The lowest BCUT2D eigenvalue weighted by atomic mass is 9.49. The number of benzene rings is 2. The van der Waals surface area contributed by atoms with Crippen LogP contribution in [-0.2, 0) is 5.41 Å². The third-order valence-corrected chi connectivity index (χ3v) is 8.45. The molecule has 2 aromatic carbocycles. The van der Waals surface area contributed by atoms with Crippen LogP contribution in [0.5, 0.6) is 0 Å². The second kappa shape index (κ2) is 5.41. The van der Waals surface area contributed by atoms with Crippen LogP contribution in [0.4, 0.5) is 0 Å². The van der Waals surface area contributed by atoms with E-state index in [4.69, 9.17) is 10.2 Å². The van der Waals surface area contributed by atoms with Crippen molar-refractivity contribution in [3.63, 3.8) is 0 Å². The molecule has 0 aliphatic heterocycles. The van der Waals surface area contributed by atoms with Gasteiger partial charge in [-0.1, -0.05) is 47.7 Å². The normalized spacial score (nSPS) is 31.2. The molecular weight excluding hydrogens is 364 g/mol. The van der Waals surface area contributed by atoms with Gasteiger partial charge in [0.2, 0.25) is 4.96 Å². The monoisotopic (exact) mass is 386 g/mol. The SMILES string of the molecule is c1ccc2cc(-c3nn4c(C56CC7CC(CC(C7)C5)C6)nnc4s3)ccc2c1. The Kier molecular flexibility index (Phi) is 3.02. The van der Waals surface area contributed by atoms with Crippen LogP contribution in [0.3, 0.4) is 0 Å². The van der Waals surface area contributed by atoms with Crippen LogP contribution >= 0.6 is 11.3 Å². The Hall–Kier alpha value is -2.27. The van der Waals surface area contributed by atoms with Gasteiger partial charge in [0, 0.05) is 11.0 Å². The summed E-state index contributed by atoms with van der Waals surface area (Å²) in [6, 6.07) is 15.1. The van der Waals surface area contributed by atoms with Gasteiger partial charge in [0.15, 0.2) is 5.82 Å². The van der Waals surface area contributed by atoms with E-state index in [1.807, 2.05) is 0 Å². The van der Waals surface area contributed by atoms with Gasteiger partial charge in [0.1, 0.15) is 5.01 Å². The van der Waals surface area contributed by atoms with E-state index in [0.29, 0.717) is 0 Å². The maximum absolute atomic E-state index is 5.02. The number of hydrogen-bond acceptors (Lipinski definition) is 4. The maximum Gasteiger partial charge on any atom is 0.235 e. The highest BCUT2D eigenvalue weighted by Gasteiger charge is 2.54. The number of fused-ring (bicyclic) bond motifs is 2. The molecule has 4 nitrogen and oxygen atoms in total. The first-order valence-electron chi connectivity index (χ1n) is 10.5. The minimum atomic E-state index is 0.225. The van der Waals surface area contributed by atoms with Crippen molar-refractivity contribution in [3.8, 4) is 10.6 Å². The molecule has 4 aliphatic rings. The fourth-order valence-corrected chi connectivity index (χ4v) is 7.61. The topological polar surface area (TPSA) is 43.1 Å². The van der Waals surface area contributed by atoms with Crippen LogP contribution in [0.25, 0.3) is 26.3 Å². The minimum Gasteiger partial charge on any atom is -0.186 e. The van der Waals surface area contributed by atoms with Crippen LogP contribution < -0.4 is 0 Å². The highest BCUT2D eigenvalue weighted by Crippen LogP contribution is 2.60. The highest BCUT2D eigenvalue weighted by molar-refractivity contribution is 7.19. The van der Waals surface area contributed by atoms with E-state index in [1.165, 1.54) is 54.9 Å². The Morgan fingerprint density at radius 2 is 1.57 bits per heavy atom. The van der Waals surface area contributed by atoms with Crippen molar-refractivity contribution in [2.45, 2.75) is 43.9 Å². The van der Waals surface area contributed by atoms with E-state index in [2.05, 4.69) is 52.1 Å². The Morgan fingerprint density at radius 3 is 2.32 bits per heavy atom. The molecule has 8 rings (SSSR count). The van der Waals surface area contributed by atoms with Gasteiger partial charge >= 0.3 is 0 Å². The van der Waals surface area contributed by atoms with Crippen LogP contribution in [0.1, 0.15) is 44.3 Å². The lowest BCUT2D eigenvalue weighted by molar-refractivity contribution is -0.0103. The summed E-state index contributed by atoms with van der Waals surface area (Å²) in [7, 11) is 0. The summed E-state index contributed by atoms with van der Waals surface area (Å²) in [4.78, 5) is 0.939. The van der Waals surface area contributed by atoms with Gasteiger partial charge in [-0.05, 0) is 73.1 Å². The average Bonchev–Trinajstić information content (AvgIpc) is 3.27. The summed E-state index contributed by atoms with van der Waals surface area (Å²) < 4.78 is 2.09. The minimum absolute atomic E-state index is 0.225. The third-order valence-electron chi connectivity index (χ3n) is 7.50. The molecule has 5 heteroatoms. The second-order valence-corrected chi connectivity index (χ2v) is 10.3. The molecule has 4 aliphatic carbocycles. The Balaban J connectivity index is 1.34. The van der Waals surface area contributed by atoms with Crippen molar-refractivity contribution in [1.82, 2.24) is 19.8 Å². The Labute approximate surface area is 167 Å². The molecule has 0 spiro atoms. The first-order chi connectivity index (χ1) is 13.8. The van der Waals surface area contributed by atoms with Gasteiger partial charge in [0.05, 0.1) is 0 Å². The number of nitrogens with zero attached hydrogens (tertiary/aromatic N) is 4. The van der Waals surface area contributed by atoms with Crippen molar-refractivity contribution in [3.05, 3.63) is 48.3 Å². The van der Waals surface area contributed by atoms with Crippen molar-refractivity contribution in [2.75, 3.05) is 0 Å². The predicted octanol–water partition coefficient (Wildman–Crippen LogP) is 5.47. The van der Waals surface area contributed by atoms with Crippen LogP contribution in [0.15, 0.2) is 42.5 Å². The zero-order valence-corrected chi connectivity index (χ0v) is 16.5. The van der Waals surface area contributed by atoms with E-state index >= 15 is 0 Å². The van der Waals surface area contributed by atoms with Gasteiger partial charge < -0.3 is 0 Å². The van der Waals surface area contributed by atoms with Crippen molar-refractivity contribution < 1.29 is 0 Å². The fourth-order valence-electron chi connectivity index (χ4n) is 6.77. The number of rotatable bonds is 2. The van der Waals surface area contributed by atoms with E-state index in [9.17, 15) is 0 Å². The Bertz CT molecular complexity index is 1180. The molecule has 0 radical (unpaired) electrons. The Morgan fingerprint density at radius 1 is 0.857 bits per heavy atom. The van der Waals surface area contributed by atoms with E-state index < -0.39 is 0 Å². The first-order valence-corrected chi connectivity index (χ1v) is 11.3. The highest BCUT2D eigenvalue weighted by atomic mass is 32.1. The zero-order chi connectivity index (χ0) is 18.3. The summed E-state index contributed by atoms with van der Waals surface area (Å²) in [5.41, 5.74) is 1.40. The molecule has 140 valence electrons. The van der Waals surface area contributed by atoms with E-state index in [-0.39, 0.29) is 5.41 Å². The molecule has 0 saturated heterocycles. The largest absolute Gasteiger partial charge is 0.235 e. The van der Waals surface area contributed by atoms with Gasteiger partial charge in [0.25, 0.3) is 0 Å². The number of aromatic nitrogens is 4. The smallest absolute Gasteiger partial charge is 0.186 e. The molecule has 0 atom stereocenters. The molecule has 0 unspecified atom stereocenters. The maximum atomic E-state index is 5.02. The quantitative estimate of drug-likeness (QED) is 0.458. The van der Waals surface area contributed by atoms with Crippen molar-refractivity contribution in [1.29, 1.82) is 0 Å². The van der Waals surface area contributed by atoms with E-state index in [1.54, 1.807) is 11.3 Å². The van der Waals surface area contributed by atoms with Gasteiger partial charge in [-0.25, -0.2) is 0 Å². The standard InChI is InChI=1S/C23H22N4S/c1-2-4-18-10-19(6-5-17(18)3-1)20-26-27-21(24-25-22(27)28-20)23-11-14-7-15(12-23)9-16(8-14)13-23/h1-6,10,14-16H,7-9,11-13H2. The summed E-state index contributed by atoms with van der Waals surface area (Å²) >= 11 is 1.66. The number of hydrogen-bond donors (Lipinski definition) is 0. The van der Waals surface area contributed by atoms with Gasteiger partial charge in [-0.3, -0.25) is 0 Å². The predicted molar refractivity (Wildman–Crippen MR) is 111 cm³/mol. The second-order valence-electron chi connectivity index (χ2n) is 9.39. The fraction of sp³-hybridized carbons (Fsp3) is 0.435. The molecule has 0 amide bonds. The summed E-state index contributed by atoms with van der Waals surface area (Å²) in [5, 5.41) is 17.8. The lowest BCUT2D eigenvalue weighted by Gasteiger charge is -2.55. The van der Waals surface area contributed by atoms with E-state index in [0.717, 1.165) is 33.5 Å². The summed E-state index contributed by atoms with van der Waals surface area (Å²) in [5.74, 6) is 3.84. The van der Waals surface area contributed by atoms with Crippen molar-refractivity contribution >= 4 is 27.1 Å². The molecule has 4 fully saturated rings. The van der Waals surface area contributed by atoms with Crippen LogP contribution in [-0.4, -0.2) is 19.8 Å².